The molecule has 0 spiro atoms. The Kier molecular flexibility index (Phi) is 4.76. The van der Waals surface area contributed by atoms with Gasteiger partial charge in [0.25, 0.3) is 0 Å². The van der Waals surface area contributed by atoms with Crippen LogP contribution in [0.3, 0.4) is 0 Å². The van der Waals surface area contributed by atoms with Crippen molar-refractivity contribution in [3.63, 3.8) is 0 Å². The Morgan fingerprint density at radius 3 is 2.86 bits per heavy atom. The third-order valence-corrected chi connectivity index (χ3v) is 4.49. The maximum absolute atomic E-state index is 13.0. The van der Waals surface area contributed by atoms with Crippen LogP contribution in [0, 0.1) is 5.82 Å². The van der Waals surface area contributed by atoms with Gasteiger partial charge in [-0.2, -0.15) is 13.1 Å². The molecule has 0 bridgehead atoms. The Balaban J connectivity index is 2.18. The van der Waals surface area contributed by atoms with Crippen molar-refractivity contribution in [1.29, 1.82) is 0 Å². The number of hydrogen-bond acceptors (Lipinski definition) is 5. The fraction of sp³-hybridized carbons (Fsp3) is 0.250. The number of benzene rings is 1. The van der Waals surface area contributed by atoms with E-state index in [0.717, 1.165) is 11.3 Å². The van der Waals surface area contributed by atoms with Gasteiger partial charge >= 0.3 is 10.2 Å². The molecular formula is C12H15FN4O2S2. The Bertz CT molecular complexity index is 731. The first-order valence-electron chi connectivity index (χ1n) is 6.19. The zero-order chi connectivity index (χ0) is 15.5. The standard InChI is InChI=1S/C12H15FN4O2S2/c1-2-5-15-21(18,19)17-12-16-11(7-20-12)9-4-3-8(13)6-10(9)14/h3-4,6-7,15H,2,5,14H2,1H3,(H,16,17). The van der Waals surface area contributed by atoms with Crippen molar-refractivity contribution < 1.29 is 12.8 Å². The molecule has 0 radical (unpaired) electrons. The second kappa shape index (κ2) is 6.37. The summed E-state index contributed by atoms with van der Waals surface area (Å²) < 4.78 is 41.1. The van der Waals surface area contributed by atoms with Crippen LogP contribution in [0.1, 0.15) is 13.3 Å². The fourth-order valence-electron chi connectivity index (χ4n) is 1.60. The third-order valence-electron chi connectivity index (χ3n) is 2.56. The van der Waals surface area contributed by atoms with Gasteiger partial charge in [0.15, 0.2) is 5.13 Å². The van der Waals surface area contributed by atoms with Crippen molar-refractivity contribution in [3.05, 3.63) is 29.4 Å². The molecule has 2 rings (SSSR count). The van der Waals surface area contributed by atoms with Gasteiger partial charge in [0.05, 0.1) is 5.69 Å². The zero-order valence-electron chi connectivity index (χ0n) is 11.3. The highest BCUT2D eigenvalue weighted by Crippen LogP contribution is 2.29. The van der Waals surface area contributed by atoms with Gasteiger partial charge in [-0.3, -0.25) is 0 Å². The Labute approximate surface area is 126 Å². The number of nitrogens with one attached hydrogen (secondary N) is 2. The molecule has 0 fully saturated rings. The monoisotopic (exact) mass is 330 g/mol. The Hall–Kier alpha value is -1.71. The third kappa shape index (κ3) is 4.13. The highest BCUT2D eigenvalue weighted by molar-refractivity contribution is 7.91. The van der Waals surface area contributed by atoms with Crippen LogP contribution in [-0.2, 0) is 10.2 Å². The summed E-state index contributed by atoms with van der Waals surface area (Å²) in [5, 5.41) is 1.87. The minimum atomic E-state index is -3.63. The smallest absolute Gasteiger partial charge is 0.300 e. The highest BCUT2D eigenvalue weighted by Gasteiger charge is 2.13. The number of nitrogen functional groups attached to an aromatic ring is 1. The first kappa shape index (κ1) is 15.7. The number of thiazole rings is 1. The molecule has 0 aliphatic heterocycles. The van der Waals surface area contributed by atoms with E-state index in [2.05, 4.69) is 14.4 Å². The van der Waals surface area contributed by atoms with Gasteiger partial charge in [-0.05, 0) is 24.6 Å². The second-order valence-corrected chi connectivity index (χ2v) is 6.63. The molecule has 4 N–H and O–H groups in total. The maximum Gasteiger partial charge on any atom is 0.300 e. The molecule has 114 valence electrons. The van der Waals surface area contributed by atoms with Gasteiger partial charge in [0, 0.05) is 23.2 Å². The number of rotatable bonds is 6. The van der Waals surface area contributed by atoms with Gasteiger partial charge in [-0.25, -0.2) is 14.1 Å². The van der Waals surface area contributed by atoms with Gasteiger partial charge in [0.1, 0.15) is 5.82 Å². The van der Waals surface area contributed by atoms with E-state index in [1.165, 1.54) is 18.2 Å². The van der Waals surface area contributed by atoms with E-state index in [9.17, 15) is 12.8 Å². The molecule has 1 heterocycles. The summed E-state index contributed by atoms with van der Waals surface area (Å²) in [6, 6.07) is 3.98. The molecule has 6 nitrogen and oxygen atoms in total. The topological polar surface area (TPSA) is 97.1 Å². The first-order chi connectivity index (χ1) is 9.91. The van der Waals surface area contributed by atoms with Crippen molar-refractivity contribution in [3.8, 4) is 11.3 Å². The van der Waals surface area contributed by atoms with Crippen LogP contribution in [0.2, 0.25) is 0 Å². The maximum atomic E-state index is 13.0. The van der Waals surface area contributed by atoms with E-state index in [4.69, 9.17) is 5.73 Å². The van der Waals surface area contributed by atoms with Crippen LogP contribution in [-0.4, -0.2) is 19.9 Å². The van der Waals surface area contributed by atoms with Gasteiger partial charge in [0.2, 0.25) is 0 Å². The summed E-state index contributed by atoms with van der Waals surface area (Å²) in [5.41, 5.74) is 7.02. The number of hydrogen-bond donors (Lipinski definition) is 3. The lowest BCUT2D eigenvalue weighted by Crippen LogP contribution is -2.30. The number of nitrogens with two attached hydrogens (primary N) is 1. The molecular weight excluding hydrogens is 315 g/mol. The largest absolute Gasteiger partial charge is 0.398 e. The van der Waals surface area contributed by atoms with Gasteiger partial charge in [-0.15, -0.1) is 11.3 Å². The van der Waals surface area contributed by atoms with E-state index in [1.807, 2.05) is 6.92 Å². The lowest BCUT2D eigenvalue weighted by atomic mass is 10.1. The molecule has 1 aromatic carbocycles. The quantitative estimate of drug-likeness (QED) is 0.707. The molecule has 0 amide bonds. The molecule has 0 aliphatic carbocycles. The number of nitrogens with zero attached hydrogens (tertiary/aromatic N) is 1. The van der Waals surface area contributed by atoms with Gasteiger partial charge < -0.3 is 5.73 Å². The van der Waals surface area contributed by atoms with Crippen molar-refractivity contribution in [1.82, 2.24) is 9.71 Å². The highest BCUT2D eigenvalue weighted by atomic mass is 32.2. The van der Waals surface area contributed by atoms with E-state index < -0.39 is 16.0 Å². The predicted octanol–water partition coefficient (Wildman–Crippen LogP) is 2.19. The summed E-state index contributed by atoms with van der Waals surface area (Å²) in [7, 11) is -3.63. The van der Waals surface area contributed by atoms with Crippen molar-refractivity contribution >= 4 is 32.4 Å². The first-order valence-corrected chi connectivity index (χ1v) is 8.56. The summed E-state index contributed by atoms with van der Waals surface area (Å²) >= 11 is 1.13. The van der Waals surface area contributed by atoms with Crippen LogP contribution in [0.15, 0.2) is 23.6 Å². The second-order valence-electron chi connectivity index (χ2n) is 4.27. The minimum Gasteiger partial charge on any atom is -0.398 e. The molecule has 2 aromatic rings. The van der Waals surface area contributed by atoms with Crippen molar-refractivity contribution in [2.75, 3.05) is 17.0 Å². The summed E-state index contributed by atoms with van der Waals surface area (Å²) in [4.78, 5) is 4.15. The van der Waals surface area contributed by atoms with Crippen LogP contribution in [0.25, 0.3) is 11.3 Å². The predicted molar refractivity (Wildman–Crippen MR) is 82.8 cm³/mol. The number of anilines is 2. The van der Waals surface area contributed by atoms with Crippen LogP contribution in [0.5, 0.6) is 0 Å². The lowest BCUT2D eigenvalue weighted by Gasteiger charge is -2.05. The molecule has 1 aromatic heterocycles. The summed E-state index contributed by atoms with van der Waals surface area (Å²) in [6.45, 7) is 2.21. The van der Waals surface area contributed by atoms with Crippen LogP contribution in [0.4, 0.5) is 15.2 Å². The van der Waals surface area contributed by atoms with Gasteiger partial charge in [-0.1, -0.05) is 6.92 Å². The van der Waals surface area contributed by atoms with Crippen LogP contribution >= 0.6 is 11.3 Å². The zero-order valence-corrected chi connectivity index (χ0v) is 12.9. The summed E-state index contributed by atoms with van der Waals surface area (Å²) in [6.07, 6.45) is 0.691. The van der Waals surface area contributed by atoms with Crippen molar-refractivity contribution in [2.45, 2.75) is 13.3 Å². The Morgan fingerprint density at radius 2 is 2.19 bits per heavy atom. The average molecular weight is 330 g/mol. The SMILES string of the molecule is CCCNS(=O)(=O)Nc1nc(-c2ccc(F)cc2N)cs1. The molecule has 0 atom stereocenters. The molecule has 0 saturated carbocycles. The molecule has 0 saturated heterocycles. The lowest BCUT2D eigenvalue weighted by molar-refractivity contribution is 0.586. The minimum absolute atomic E-state index is 0.220. The number of aromatic nitrogens is 1. The normalized spacial score (nSPS) is 11.5. The number of halogens is 1. The van der Waals surface area contributed by atoms with E-state index in [-0.39, 0.29) is 10.8 Å². The molecule has 9 heteroatoms. The molecule has 0 aliphatic rings. The van der Waals surface area contributed by atoms with E-state index in [1.54, 1.807) is 5.38 Å². The van der Waals surface area contributed by atoms with Crippen molar-refractivity contribution in [2.24, 2.45) is 0 Å². The fourth-order valence-corrected chi connectivity index (χ4v) is 3.49. The molecule has 21 heavy (non-hydrogen) atoms. The average Bonchev–Trinajstić information content (AvgIpc) is 2.84. The van der Waals surface area contributed by atoms with E-state index >= 15 is 0 Å². The van der Waals surface area contributed by atoms with E-state index in [0.29, 0.717) is 24.2 Å². The van der Waals surface area contributed by atoms with Crippen LogP contribution < -0.4 is 15.2 Å². The molecule has 0 unspecified atom stereocenters. The Morgan fingerprint density at radius 1 is 1.43 bits per heavy atom. The summed E-state index contributed by atoms with van der Waals surface area (Å²) in [5.74, 6) is -0.434.